The molecule has 0 heterocycles. The summed E-state index contributed by atoms with van der Waals surface area (Å²) in [4.78, 5) is 26.2. The number of carbonyl (C=O) groups excluding carboxylic acids is 2. The van der Waals surface area contributed by atoms with Gasteiger partial charge in [0.2, 0.25) is 0 Å². The third kappa shape index (κ3) is 5.67. The number of alkyl halides is 3. The number of amides is 3. The predicted octanol–water partition coefficient (Wildman–Crippen LogP) is 6.38. The van der Waals surface area contributed by atoms with Crippen LogP contribution in [0.4, 0.5) is 29.3 Å². The molecule has 0 fully saturated rings. The van der Waals surface area contributed by atoms with Crippen LogP contribution >= 0.6 is 12.8 Å². The van der Waals surface area contributed by atoms with Gasteiger partial charge in [0.15, 0.2) is 0 Å². The smallest absolute Gasteiger partial charge is 0.323 e. The van der Waals surface area contributed by atoms with Gasteiger partial charge in [-0.05, 0) is 42.7 Å². The van der Waals surface area contributed by atoms with Gasteiger partial charge in [0.1, 0.15) is 6.04 Å². The summed E-state index contributed by atoms with van der Waals surface area (Å²) in [5.74, 6) is -0.562. The molecular weight excluding hydrogens is 451 g/mol. The normalized spacial score (nSPS) is 12.1. The van der Waals surface area contributed by atoms with Crippen LogP contribution in [0.2, 0.25) is 0 Å². The van der Waals surface area contributed by atoms with Crippen molar-refractivity contribution in [3.63, 3.8) is 0 Å². The maximum absolute atomic E-state index is 13.3. The predicted molar refractivity (Wildman–Crippen MR) is 125 cm³/mol. The van der Waals surface area contributed by atoms with Crippen LogP contribution < -0.4 is 10.6 Å². The van der Waals surface area contributed by atoms with E-state index in [-0.39, 0.29) is 0 Å². The van der Waals surface area contributed by atoms with Crippen LogP contribution in [0.3, 0.4) is 0 Å². The molecule has 0 bridgehead atoms. The van der Waals surface area contributed by atoms with E-state index in [9.17, 15) is 22.8 Å². The molecule has 3 amide bonds. The SMILES string of the molecule is Cc1cccc(C)c1NC(=O)C(c1ccccc1)N(S)C(=O)Nc1ccccc1C(F)(F)F. The van der Waals surface area contributed by atoms with Crippen molar-refractivity contribution in [1.82, 2.24) is 4.31 Å². The number of rotatable bonds is 5. The van der Waals surface area contributed by atoms with Crippen molar-refractivity contribution in [3.05, 3.63) is 95.1 Å². The summed E-state index contributed by atoms with van der Waals surface area (Å²) in [5, 5.41) is 5.04. The molecule has 0 radical (unpaired) electrons. The van der Waals surface area contributed by atoms with Gasteiger partial charge in [-0.3, -0.25) is 9.10 Å². The molecule has 9 heteroatoms. The molecule has 0 aliphatic rings. The molecular formula is C24H22F3N3O2S. The lowest BCUT2D eigenvalue weighted by atomic mass is 10.0. The van der Waals surface area contributed by atoms with Crippen LogP contribution in [0, 0.1) is 13.8 Å². The molecule has 0 aliphatic heterocycles. The number of aryl methyl sites for hydroxylation is 2. The van der Waals surface area contributed by atoms with Crippen LogP contribution in [-0.4, -0.2) is 16.2 Å². The first kappa shape index (κ1) is 24.2. The van der Waals surface area contributed by atoms with Crippen LogP contribution in [-0.2, 0) is 11.0 Å². The summed E-state index contributed by atoms with van der Waals surface area (Å²) >= 11 is 4.21. The third-order valence-corrected chi connectivity index (χ3v) is 5.43. The number of nitrogens with one attached hydrogen (secondary N) is 2. The average molecular weight is 474 g/mol. The van der Waals surface area contributed by atoms with Gasteiger partial charge in [-0.2, -0.15) is 13.2 Å². The van der Waals surface area contributed by atoms with E-state index in [2.05, 4.69) is 23.4 Å². The number of hydrogen-bond acceptors (Lipinski definition) is 3. The lowest BCUT2D eigenvalue weighted by Crippen LogP contribution is -2.38. The zero-order valence-corrected chi connectivity index (χ0v) is 18.7. The Bertz CT molecular complexity index is 1130. The van der Waals surface area contributed by atoms with Crippen molar-refractivity contribution in [2.24, 2.45) is 0 Å². The number of thiol groups is 1. The highest BCUT2D eigenvalue weighted by atomic mass is 32.1. The summed E-state index contributed by atoms with van der Waals surface area (Å²) in [5.41, 5.74) is 1.24. The Balaban J connectivity index is 1.92. The summed E-state index contributed by atoms with van der Waals surface area (Å²) in [7, 11) is 0. The minimum atomic E-state index is -4.66. The van der Waals surface area contributed by atoms with Gasteiger partial charge in [-0.25, -0.2) is 4.79 Å². The maximum atomic E-state index is 13.3. The summed E-state index contributed by atoms with van der Waals surface area (Å²) < 4.78 is 40.7. The first-order chi connectivity index (χ1) is 15.6. The van der Waals surface area contributed by atoms with E-state index >= 15 is 0 Å². The zero-order chi connectivity index (χ0) is 24.2. The van der Waals surface area contributed by atoms with Crippen molar-refractivity contribution in [1.29, 1.82) is 0 Å². The topological polar surface area (TPSA) is 61.4 Å². The van der Waals surface area contributed by atoms with E-state index in [0.717, 1.165) is 27.6 Å². The molecule has 3 aromatic rings. The molecule has 1 unspecified atom stereocenters. The largest absolute Gasteiger partial charge is 0.418 e. The molecule has 0 aromatic heterocycles. The average Bonchev–Trinajstić information content (AvgIpc) is 2.77. The lowest BCUT2D eigenvalue weighted by Gasteiger charge is -2.27. The molecule has 3 aromatic carbocycles. The number of hydrogen-bond donors (Lipinski definition) is 3. The Kier molecular flexibility index (Phi) is 7.33. The lowest BCUT2D eigenvalue weighted by molar-refractivity contribution is -0.137. The summed E-state index contributed by atoms with van der Waals surface area (Å²) in [6, 6.07) is 16.3. The van der Waals surface area contributed by atoms with Gasteiger partial charge in [0.25, 0.3) is 5.91 Å². The monoisotopic (exact) mass is 473 g/mol. The van der Waals surface area contributed by atoms with Crippen LogP contribution in [0.5, 0.6) is 0 Å². The summed E-state index contributed by atoms with van der Waals surface area (Å²) in [6.45, 7) is 3.67. The van der Waals surface area contributed by atoms with Crippen LogP contribution in [0.1, 0.15) is 28.3 Å². The molecule has 33 heavy (non-hydrogen) atoms. The minimum absolute atomic E-state index is 0.434. The Labute approximate surface area is 195 Å². The molecule has 3 rings (SSSR count). The fourth-order valence-corrected chi connectivity index (χ4v) is 3.66. The van der Waals surface area contributed by atoms with E-state index in [1.807, 2.05) is 32.0 Å². The number of urea groups is 1. The van der Waals surface area contributed by atoms with Crippen molar-refractivity contribution >= 4 is 36.1 Å². The number of para-hydroxylation sites is 2. The molecule has 0 saturated heterocycles. The minimum Gasteiger partial charge on any atom is -0.323 e. The standard InChI is InChI=1S/C24H22F3N3O2S/c1-15-9-8-10-16(2)20(15)29-22(31)21(17-11-4-3-5-12-17)30(33)23(32)28-19-14-7-6-13-18(19)24(25,26)27/h3-14,21,33H,1-2H3,(H,28,32)(H,29,31). The Morgan fingerprint density at radius 3 is 2.03 bits per heavy atom. The van der Waals surface area contributed by atoms with E-state index in [1.165, 1.54) is 12.1 Å². The van der Waals surface area contributed by atoms with Crippen LogP contribution in [0.25, 0.3) is 0 Å². The molecule has 0 spiro atoms. The second kappa shape index (κ2) is 9.99. The quantitative estimate of drug-likeness (QED) is 0.377. The number of carbonyl (C=O) groups is 2. The molecule has 1 atom stereocenters. The van der Waals surface area contributed by atoms with Crippen LogP contribution in [0.15, 0.2) is 72.8 Å². The number of benzene rings is 3. The van der Waals surface area contributed by atoms with E-state index in [1.54, 1.807) is 30.3 Å². The van der Waals surface area contributed by atoms with Crippen molar-refractivity contribution < 1.29 is 22.8 Å². The number of anilines is 2. The second-order valence-corrected chi connectivity index (χ2v) is 7.82. The zero-order valence-electron chi connectivity index (χ0n) is 17.9. The van der Waals surface area contributed by atoms with Gasteiger partial charge in [0, 0.05) is 5.69 Å². The van der Waals surface area contributed by atoms with E-state index < -0.39 is 35.4 Å². The Hall–Kier alpha value is -3.46. The molecule has 5 nitrogen and oxygen atoms in total. The second-order valence-electron chi connectivity index (χ2n) is 7.39. The first-order valence-electron chi connectivity index (χ1n) is 9.97. The Morgan fingerprint density at radius 2 is 1.42 bits per heavy atom. The van der Waals surface area contributed by atoms with Gasteiger partial charge >= 0.3 is 12.2 Å². The molecule has 0 aliphatic carbocycles. The Morgan fingerprint density at radius 1 is 0.848 bits per heavy atom. The number of halogens is 3. The first-order valence-corrected chi connectivity index (χ1v) is 10.4. The highest BCUT2D eigenvalue weighted by molar-refractivity contribution is 7.78. The van der Waals surface area contributed by atoms with Gasteiger partial charge in [-0.1, -0.05) is 73.5 Å². The molecule has 2 N–H and O–H groups in total. The fraction of sp³-hybridized carbons (Fsp3) is 0.167. The maximum Gasteiger partial charge on any atom is 0.418 e. The van der Waals surface area contributed by atoms with Crippen molar-refractivity contribution in [2.75, 3.05) is 10.6 Å². The van der Waals surface area contributed by atoms with Crippen molar-refractivity contribution in [2.45, 2.75) is 26.1 Å². The van der Waals surface area contributed by atoms with Crippen molar-refractivity contribution in [3.8, 4) is 0 Å². The fourth-order valence-electron chi connectivity index (χ4n) is 3.37. The van der Waals surface area contributed by atoms with Gasteiger partial charge < -0.3 is 10.6 Å². The molecule has 172 valence electrons. The highest BCUT2D eigenvalue weighted by Gasteiger charge is 2.35. The van der Waals surface area contributed by atoms with Gasteiger partial charge in [-0.15, -0.1) is 0 Å². The van der Waals surface area contributed by atoms with E-state index in [0.29, 0.717) is 11.3 Å². The molecule has 0 saturated carbocycles. The highest BCUT2D eigenvalue weighted by Crippen LogP contribution is 2.35. The summed E-state index contributed by atoms with van der Waals surface area (Å²) in [6.07, 6.45) is -4.66. The number of nitrogens with zero attached hydrogens (tertiary/aromatic N) is 1. The third-order valence-electron chi connectivity index (χ3n) is 5.02. The van der Waals surface area contributed by atoms with E-state index in [4.69, 9.17) is 0 Å². The van der Waals surface area contributed by atoms with Gasteiger partial charge in [0.05, 0.1) is 11.3 Å².